The summed E-state index contributed by atoms with van der Waals surface area (Å²) in [5.74, 6) is 1.20. The predicted molar refractivity (Wildman–Crippen MR) is 78.4 cm³/mol. The van der Waals surface area contributed by atoms with Gasteiger partial charge in [0.15, 0.2) is 0 Å². The number of carbonyl (C=O) groups excluding carboxylic acids is 1. The van der Waals surface area contributed by atoms with Gasteiger partial charge in [-0.25, -0.2) is 0 Å². The zero-order valence-electron chi connectivity index (χ0n) is 12.0. The molecule has 20 heavy (non-hydrogen) atoms. The average Bonchev–Trinajstić information content (AvgIpc) is 3.20. The zero-order chi connectivity index (χ0) is 14.1. The lowest BCUT2D eigenvalue weighted by atomic mass is 9.92. The minimum Gasteiger partial charge on any atom is -0.391 e. The molecule has 4 unspecified atom stereocenters. The van der Waals surface area contributed by atoms with Crippen LogP contribution in [-0.2, 0) is 11.2 Å². The van der Waals surface area contributed by atoms with Crippen molar-refractivity contribution in [2.45, 2.75) is 44.6 Å². The van der Waals surface area contributed by atoms with Gasteiger partial charge in [-0.15, -0.1) is 0 Å². The van der Waals surface area contributed by atoms with E-state index in [2.05, 4.69) is 29.6 Å². The van der Waals surface area contributed by atoms with Crippen LogP contribution in [0.2, 0.25) is 0 Å². The molecule has 0 radical (unpaired) electrons. The first kappa shape index (κ1) is 13.6. The summed E-state index contributed by atoms with van der Waals surface area (Å²) in [7, 11) is 0. The summed E-state index contributed by atoms with van der Waals surface area (Å²) < 4.78 is 0. The van der Waals surface area contributed by atoms with Gasteiger partial charge in [0.2, 0.25) is 5.91 Å². The fourth-order valence-corrected chi connectivity index (χ4v) is 3.70. The van der Waals surface area contributed by atoms with E-state index in [9.17, 15) is 9.90 Å². The topological polar surface area (TPSA) is 49.3 Å². The fraction of sp³-hybridized carbons (Fsp3) is 0.588. The van der Waals surface area contributed by atoms with Gasteiger partial charge in [-0.05, 0) is 42.2 Å². The number of fused-ring (bicyclic) bond motifs is 3. The van der Waals surface area contributed by atoms with Crippen LogP contribution < -0.4 is 5.32 Å². The van der Waals surface area contributed by atoms with Gasteiger partial charge in [0.25, 0.3) is 0 Å². The minimum atomic E-state index is -0.406. The maximum absolute atomic E-state index is 12.3. The SMILES string of the molecule is CCCC(O)CNC(=O)C1C2CCc3ccccc3C21. The molecule has 1 fully saturated rings. The smallest absolute Gasteiger partial charge is 0.224 e. The molecule has 0 bridgehead atoms. The predicted octanol–water partition coefficient (Wildman–Crippen LogP) is 2.24. The van der Waals surface area contributed by atoms with Crippen molar-refractivity contribution in [1.82, 2.24) is 5.32 Å². The highest BCUT2D eigenvalue weighted by Gasteiger charge is 2.56. The maximum atomic E-state index is 12.3. The summed E-state index contributed by atoms with van der Waals surface area (Å²) in [6, 6.07) is 8.51. The van der Waals surface area contributed by atoms with Gasteiger partial charge < -0.3 is 10.4 Å². The highest BCUT2D eigenvalue weighted by molar-refractivity contribution is 5.84. The molecule has 0 aromatic heterocycles. The van der Waals surface area contributed by atoms with Gasteiger partial charge in [0, 0.05) is 12.5 Å². The molecule has 0 spiro atoms. The molecule has 3 heteroatoms. The number of carbonyl (C=O) groups is 1. The van der Waals surface area contributed by atoms with Crippen LogP contribution in [0, 0.1) is 11.8 Å². The molecule has 1 saturated carbocycles. The van der Waals surface area contributed by atoms with E-state index >= 15 is 0 Å². The largest absolute Gasteiger partial charge is 0.391 e. The van der Waals surface area contributed by atoms with Crippen LogP contribution in [-0.4, -0.2) is 23.7 Å². The van der Waals surface area contributed by atoms with Gasteiger partial charge in [0.1, 0.15) is 0 Å². The molecule has 3 nitrogen and oxygen atoms in total. The third-order valence-corrected chi connectivity index (χ3v) is 4.77. The van der Waals surface area contributed by atoms with Crippen LogP contribution in [0.1, 0.15) is 43.2 Å². The van der Waals surface area contributed by atoms with Crippen LogP contribution >= 0.6 is 0 Å². The van der Waals surface area contributed by atoms with E-state index in [-0.39, 0.29) is 11.8 Å². The fourth-order valence-electron chi connectivity index (χ4n) is 3.70. The van der Waals surface area contributed by atoms with Crippen molar-refractivity contribution in [3.63, 3.8) is 0 Å². The Balaban J connectivity index is 1.60. The summed E-state index contributed by atoms with van der Waals surface area (Å²) in [4.78, 5) is 12.3. The monoisotopic (exact) mass is 273 g/mol. The van der Waals surface area contributed by atoms with Crippen LogP contribution in [0.25, 0.3) is 0 Å². The number of hydrogen-bond donors (Lipinski definition) is 2. The second kappa shape index (κ2) is 5.57. The molecule has 4 atom stereocenters. The number of benzene rings is 1. The summed E-state index contributed by atoms with van der Waals surface area (Å²) in [6.45, 7) is 2.43. The molecule has 1 amide bonds. The lowest BCUT2D eigenvalue weighted by molar-refractivity contribution is -0.123. The van der Waals surface area contributed by atoms with Gasteiger partial charge in [-0.3, -0.25) is 4.79 Å². The van der Waals surface area contributed by atoms with Crippen molar-refractivity contribution in [3.8, 4) is 0 Å². The van der Waals surface area contributed by atoms with Crippen molar-refractivity contribution in [1.29, 1.82) is 0 Å². The Morgan fingerprint density at radius 1 is 1.45 bits per heavy atom. The second-order valence-corrected chi connectivity index (χ2v) is 6.14. The standard InChI is InChI=1S/C17H23NO2/c1-2-5-12(19)10-18-17(20)16-14-9-8-11-6-3-4-7-13(11)15(14)16/h3-4,6-7,12,14-16,19H,2,5,8-10H2,1H3,(H,18,20). The van der Waals surface area contributed by atoms with Gasteiger partial charge in [0.05, 0.1) is 6.10 Å². The van der Waals surface area contributed by atoms with E-state index in [4.69, 9.17) is 0 Å². The number of nitrogens with one attached hydrogen (secondary N) is 1. The number of aliphatic hydroxyl groups is 1. The first-order valence-corrected chi connectivity index (χ1v) is 7.76. The van der Waals surface area contributed by atoms with E-state index in [1.165, 1.54) is 11.1 Å². The number of aryl methyl sites for hydroxylation is 1. The highest BCUT2D eigenvalue weighted by atomic mass is 16.3. The van der Waals surface area contributed by atoms with Crippen molar-refractivity contribution in [2.75, 3.05) is 6.54 Å². The van der Waals surface area contributed by atoms with Crippen molar-refractivity contribution < 1.29 is 9.90 Å². The van der Waals surface area contributed by atoms with E-state index in [1.807, 2.05) is 6.92 Å². The first-order chi connectivity index (χ1) is 9.72. The molecule has 0 heterocycles. The Hall–Kier alpha value is -1.35. The number of rotatable bonds is 5. The van der Waals surface area contributed by atoms with E-state index < -0.39 is 6.10 Å². The lowest BCUT2D eigenvalue weighted by Gasteiger charge is -2.13. The minimum absolute atomic E-state index is 0.131. The maximum Gasteiger partial charge on any atom is 0.224 e. The van der Waals surface area contributed by atoms with Crippen LogP contribution in [0.4, 0.5) is 0 Å². The molecular formula is C17H23NO2. The molecule has 2 aliphatic carbocycles. The zero-order valence-corrected chi connectivity index (χ0v) is 12.0. The van der Waals surface area contributed by atoms with Crippen LogP contribution in [0.3, 0.4) is 0 Å². The molecule has 2 N–H and O–H groups in total. The Morgan fingerprint density at radius 3 is 3.05 bits per heavy atom. The normalized spacial score (nSPS) is 28.2. The number of amides is 1. The molecule has 3 rings (SSSR count). The third-order valence-electron chi connectivity index (χ3n) is 4.77. The molecule has 1 aromatic carbocycles. The van der Waals surface area contributed by atoms with E-state index in [0.717, 1.165) is 25.7 Å². The summed E-state index contributed by atoms with van der Waals surface area (Å²) >= 11 is 0. The van der Waals surface area contributed by atoms with Crippen molar-refractivity contribution >= 4 is 5.91 Å². The van der Waals surface area contributed by atoms with Crippen LogP contribution in [0.5, 0.6) is 0 Å². The Morgan fingerprint density at radius 2 is 2.25 bits per heavy atom. The Bertz CT molecular complexity index is 500. The second-order valence-electron chi connectivity index (χ2n) is 6.14. The molecule has 1 aromatic rings. The quantitative estimate of drug-likeness (QED) is 0.864. The summed E-state index contributed by atoms with van der Waals surface area (Å²) in [6.07, 6.45) is 3.51. The van der Waals surface area contributed by atoms with Gasteiger partial charge >= 0.3 is 0 Å². The third kappa shape index (κ3) is 2.47. The lowest BCUT2D eigenvalue weighted by Crippen LogP contribution is -2.33. The molecule has 0 aliphatic heterocycles. The van der Waals surface area contributed by atoms with Gasteiger partial charge in [-0.1, -0.05) is 37.6 Å². The molecule has 2 aliphatic rings. The Labute approximate surface area is 120 Å². The van der Waals surface area contributed by atoms with E-state index in [0.29, 0.717) is 18.4 Å². The number of aliphatic hydroxyl groups excluding tert-OH is 1. The molecule has 108 valence electrons. The molecular weight excluding hydrogens is 250 g/mol. The summed E-state index contributed by atoms with van der Waals surface area (Å²) in [5.41, 5.74) is 2.79. The Kier molecular flexibility index (Phi) is 3.79. The highest BCUT2D eigenvalue weighted by Crippen LogP contribution is 2.59. The van der Waals surface area contributed by atoms with Crippen molar-refractivity contribution in [3.05, 3.63) is 35.4 Å². The molecule has 0 saturated heterocycles. The summed E-state index contributed by atoms with van der Waals surface area (Å²) in [5, 5.41) is 12.6. The average molecular weight is 273 g/mol. The first-order valence-electron chi connectivity index (χ1n) is 7.76. The van der Waals surface area contributed by atoms with E-state index in [1.54, 1.807) is 0 Å². The number of hydrogen-bond acceptors (Lipinski definition) is 2. The van der Waals surface area contributed by atoms with Crippen LogP contribution in [0.15, 0.2) is 24.3 Å². The van der Waals surface area contributed by atoms with Crippen molar-refractivity contribution in [2.24, 2.45) is 11.8 Å². The van der Waals surface area contributed by atoms with Gasteiger partial charge in [-0.2, -0.15) is 0 Å².